The Morgan fingerprint density at radius 2 is 2.09 bits per heavy atom. The summed E-state index contributed by atoms with van der Waals surface area (Å²) < 4.78 is 0. The minimum absolute atomic E-state index is 0.411. The highest BCUT2D eigenvalue weighted by molar-refractivity contribution is 4.89. The van der Waals surface area contributed by atoms with Gasteiger partial charge in [0.25, 0.3) is 0 Å². The van der Waals surface area contributed by atoms with E-state index < -0.39 is 5.60 Å². The predicted molar refractivity (Wildman–Crippen MR) is 41.0 cm³/mol. The predicted octanol–water partition coefficient (Wildman–Crippen LogP) is -2.73. The fourth-order valence-corrected chi connectivity index (χ4v) is 2.61. The molecular weight excluding hydrogens is 140 g/mol. The standard InChI is InChI=1S/C8H16N2O/c9-5-8(11)6-10-3-1-7(8)2-4-10/h7,11H,1-6,9H2/p+2/t8-/m0/s1. The number of nitrogens with one attached hydrogen (secondary N) is 1. The smallest absolute Gasteiger partial charge is 0.165 e. The molecule has 3 aliphatic heterocycles. The molecule has 0 amide bonds. The van der Waals surface area contributed by atoms with Crippen LogP contribution in [-0.2, 0) is 0 Å². The molecule has 1 atom stereocenters. The van der Waals surface area contributed by atoms with Crippen molar-refractivity contribution in [1.29, 1.82) is 0 Å². The Labute approximate surface area is 67.2 Å². The van der Waals surface area contributed by atoms with Crippen molar-refractivity contribution in [3.63, 3.8) is 0 Å². The van der Waals surface area contributed by atoms with Gasteiger partial charge < -0.3 is 15.7 Å². The van der Waals surface area contributed by atoms with Gasteiger partial charge >= 0.3 is 0 Å². The van der Waals surface area contributed by atoms with Crippen molar-refractivity contribution in [3.05, 3.63) is 0 Å². The van der Waals surface area contributed by atoms with E-state index in [1.165, 1.54) is 25.9 Å². The monoisotopic (exact) mass is 158 g/mol. The van der Waals surface area contributed by atoms with Crippen LogP contribution in [0, 0.1) is 5.92 Å². The third kappa shape index (κ3) is 1.08. The first-order valence-corrected chi connectivity index (χ1v) is 4.60. The summed E-state index contributed by atoms with van der Waals surface area (Å²) in [6, 6.07) is 0. The third-order valence-electron chi connectivity index (χ3n) is 3.44. The Morgan fingerprint density at radius 3 is 2.36 bits per heavy atom. The number of piperidine rings is 3. The van der Waals surface area contributed by atoms with Gasteiger partial charge in [0, 0.05) is 18.8 Å². The van der Waals surface area contributed by atoms with Crippen molar-refractivity contribution < 1.29 is 15.7 Å². The van der Waals surface area contributed by atoms with Gasteiger partial charge in [0.15, 0.2) is 5.60 Å². The molecule has 0 radical (unpaired) electrons. The van der Waals surface area contributed by atoms with Crippen LogP contribution >= 0.6 is 0 Å². The Balaban J connectivity index is 2.13. The lowest BCUT2D eigenvalue weighted by Crippen LogP contribution is -3.18. The van der Waals surface area contributed by atoms with Gasteiger partial charge in [-0.3, -0.25) is 0 Å². The van der Waals surface area contributed by atoms with Crippen molar-refractivity contribution in [3.8, 4) is 0 Å². The number of rotatable bonds is 1. The molecule has 3 fully saturated rings. The first-order valence-electron chi connectivity index (χ1n) is 4.60. The maximum absolute atomic E-state index is 10.1. The summed E-state index contributed by atoms with van der Waals surface area (Å²) >= 11 is 0. The molecule has 3 saturated heterocycles. The molecule has 64 valence electrons. The van der Waals surface area contributed by atoms with Crippen LogP contribution in [0.15, 0.2) is 0 Å². The van der Waals surface area contributed by atoms with Crippen LogP contribution in [0.5, 0.6) is 0 Å². The second-order valence-electron chi connectivity index (χ2n) is 4.05. The zero-order chi connectivity index (χ0) is 7.90. The van der Waals surface area contributed by atoms with Gasteiger partial charge in [-0.2, -0.15) is 0 Å². The molecule has 3 aliphatic rings. The second kappa shape index (κ2) is 2.44. The van der Waals surface area contributed by atoms with Crippen molar-refractivity contribution in [2.45, 2.75) is 18.4 Å². The molecule has 0 aromatic carbocycles. The molecule has 11 heavy (non-hydrogen) atoms. The van der Waals surface area contributed by atoms with E-state index >= 15 is 0 Å². The molecule has 0 spiro atoms. The number of quaternary nitrogens is 2. The molecule has 3 nitrogen and oxygen atoms in total. The van der Waals surface area contributed by atoms with Gasteiger partial charge in [0.2, 0.25) is 0 Å². The number of aliphatic hydroxyl groups is 1. The van der Waals surface area contributed by atoms with Gasteiger partial charge in [-0.15, -0.1) is 0 Å². The fraction of sp³-hybridized carbons (Fsp3) is 1.00. The van der Waals surface area contributed by atoms with Gasteiger partial charge in [-0.25, -0.2) is 0 Å². The summed E-state index contributed by atoms with van der Waals surface area (Å²) in [5.41, 5.74) is 3.43. The first-order chi connectivity index (χ1) is 5.24. The van der Waals surface area contributed by atoms with E-state index in [0.717, 1.165) is 6.54 Å². The molecule has 0 aliphatic carbocycles. The Hall–Kier alpha value is -0.120. The molecule has 3 heterocycles. The SMILES string of the molecule is [NH3+]C[C@]1(O)C[NH+]2CCC1CC2. The van der Waals surface area contributed by atoms with Crippen LogP contribution in [0.1, 0.15) is 12.8 Å². The molecule has 3 heteroatoms. The highest BCUT2D eigenvalue weighted by Crippen LogP contribution is 2.26. The maximum Gasteiger partial charge on any atom is 0.165 e. The van der Waals surface area contributed by atoms with Gasteiger partial charge in [-0.05, 0) is 0 Å². The van der Waals surface area contributed by atoms with Crippen molar-refractivity contribution >= 4 is 0 Å². The zero-order valence-corrected chi connectivity index (χ0v) is 6.97. The maximum atomic E-state index is 10.1. The average Bonchev–Trinajstić information content (AvgIpc) is 2.06. The van der Waals surface area contributed by atoms with E-state index in [0.29, 0.717) is 12.5 Å². The van der Waals surface area contributed by atoms with Crippen LogP contribution in [0.2, 0.25) is 0 Å². The number of fused-ring (bicyclic) bond motifs is 3. The van der Waals surface area contributed by atoms with E-state index in [1.807, 2.05) is 0 Å². The van der Waals surface area contributed by atoms with Crippen LogP contribution in [-0.4, -0.2) is 36.9 Å². The second-order valence-corrected chi connectivity index (χ2v) is 4.05. The lowest BCUT2D eigenvalue weighted by Gasteiger charge is -2.45. The summed E-state index contributed by atoms with van der Waals surface area (Å²) in [5.74, 6) is 0.553. The van der Waals surface area contributed by atoms with Gasteiger partial charge in [-0.1, -0.05) is 0 Å². The first kappa shape index (κ1) is 7.53. The summed E-state index contributed by atoms with van der Waals surface area (Å²) in [7, 11) is 0. The van der Waals surface area contributed by atoms with E-state index in [1.54, 1.807) is 4.90 Å². The quantitative estimate of drug-likeness (QED) is 0.381. The van der Waals surface area contributed by atoms with Crippen molar-refractivity contribution in [1.82, 2.24) is 0 Å². The lowest BCUT2D eigenvalue weighted by atomic mass is 9.75. The Bertz CT molecular complexity index is 154. The average molecular weight is 158 g/mol. The van der Waals surface area contributed by atoms with Crippen LogP contribution in [0.4, 0.5) is 0 Å². The summed E-state index contributed by atoms with van der Waals surface area (Å²) in [6.45, 7) is 4.18. The molecular formula is C8H18N2O+2. The van der Waals surface area contributed by atoms with E-state index in [-0.39, 0.29) is 0 Å². The number of hydrogen-bond acceptors (Lipinski definition) is 1. The number of hydrogen-bond donors (Lipinski definition) is 3. The summed E-state index contributed by atoms with van der Waals surface area (Å²) in [5, 5.41) is 10.1. The lowest BCUT2D eigenvalue weighted by molar-refractivity contribution is -0.926. The highest BCUT2D eigenvalue weighted by Gasteiger charge is 2.48. The van der Waals surface area contributed by atoms with Crippen LogP contribution in [0.25, 0.3) is 0 Å². The van der Waals surface area contributed by atoms with E-state index in [2.05, 4.69) is 5.73 Å². The molecule has 3 rings (SSSR count). The molecule has 0 aromatic rings. The molecule has 2 bridgehead atoms. The van der Waals surface area contributed by atoms with Crippen molar-refractivity contribution in [2.75, 3.05) is 26.2 Å². The Kier molecular flexibility index (Phi) is 1.67. The topological polar surface area (TPSA) is 52.3 Å². The minimum atomic E-state index is -0.411. The van der Waals surface area contributed by atoms with Gasteiger partial charge in [0.05, 0.1) is 13.1 Å². The van der Waals surface area contributed by atoms with E-state index in [9.17, 15) is 5.11 Å². The largest absolute Gasteiger partial charge is 0.378 e. The minimum Gasteiger partial charge on any atom is -0.378 e. The zero-order valence-electron chi connectivity index (χ0n) is 6.97. The van der Waals surface area contributed by atoms with E-state index in [4.69, 9.17) is 0 Å². The fourth-order valence-electron chi connectivity index (χ4n) is 2.61. The normalized spacial score (nSPS) is 49.6. The summed E-state index contributed by atoms with van der Waals surface area (Å²) in [6.07, 6.45) is 2.42. The Morgan fingerprint density at radius 1 is 1.45 bits per heavy atom. The summed E-state index contributed by atoms with van der Waals surface area (Å²) in [4.78, 5) is 1.58. The molecule has 5 N–H and O–H groups in total. The molecule has 0 saturated carbocycles. The van der Waals surface area contributed by atoms with Crippen molar-refractivity contribution in [2.24, 2.45) is 5.92 Å². The molecule has 0 aromatic heterocycles. The van der Waals surface area contributed by atoms with Crippen LogP contribution in [0.3, 0.4) is 0 Å². The highest BCUT2D eigenvalue weighted by atomic mass is 16.3. The van der Waals surface area contributed by atoms with Crippen LogP contribution < -0.4 is 10.6 Å². The van der Waals surface area contributed by atoms with Gasteiger partial charge in [0.1, 0.15) is 13.1 Å². The third-order valence-corrected chi connectivity index (χ3v) is 3.44. The molecule has 0 unspecified atom stereocenters.